The van der Waals surface area contributed by atoms with Crippen molar-refractivity contribution in [1.29, 1.82) is 0 Å². The molecule has 0 aromatic heterocycles. The van der Waals surface area contributed by atoms with Crippen LogP contribution in [-0.4, -0.2) is 62.7 Å². The van der Waals surface area contributed by atoms with Crippen LogP contribution in [-0.2, 0) is 26.3 Å². The normalized spacial score (nSPS) is 12.5. The minimum absolute atomic E-state index is 0.120. The molecule has 0 aliphatic heterocycles. The van der Waals surface area contributed by atoms with E-state index in [1.165, 1.54) is 31.1 Å². The summed E-state index contributed by atoms with van der Waals surface area (Å²) >= 11 is 0. The number of hydrogen-bond acceptors (Lipinski definition) is 4. The Morgan fingerprint density at radius 2 is 1.56 bits per heavy atom. The van der Waals surface area contributed by atoms with Gasteiger partial charge in [-0.1, -0.05) is 44.2 Å². The fourth-order valence-electron chi connectivity index (χ4n) is 3.14. The number of nitrogens with one attached hydrogen (secondary N) is 1. The van der Waals surface area contributed by atoms with E-state index in [0.717, 1.165) is 26.3 Å². The van der Waals surface area contributed by atoms with Gasteiger partial charge in [-0.15, -0.1) is 0 Å². The summed E-state index contributed by atoms with van der Waals surface area (Å²) in [7, 11) is -1.38. The highest BCUT2D eigenvalue weighted by molar-refractivity contribution is 7.90. The molecule has 34 heavy (non-hydrogen) atoms. The molecular formula is C24H33FN4O4S. The van der Waals surface area contributed by atoms with E-state index in [-0.39, 0.29) is 24.1 Å². The van der Waals surface area contributed by atoms with Crippen LogP contribution in [0.5, 0.6) is 0 Å². The predicted molar refractivity (Wildman–Crippen MR) is 131 cm³/mol. The fourth-order valence-corrected chi connectivity index (χ4v) is 4.20. The summed E-state index contributed by atoms with van der Waals surface area (Å²) in [5.41, 5.74) is 0.934. The summed E-state index contributed by atoms with van der Waals surface area (Å²) in [5, 5.41) is 2.83. The molecule has 0 bridgehead atoms. The molecule has 8 nitrogen and oxygen atoms in total. The highest BCUT2D eigenvalue weighted by atomic mass is 32.2. The summed E-state index contributed by atoms with van der Waals surface area (Å²) < 4.78 is 41.4. The predicted octanol–water partition coefficient (Wildman–Crippen LogP) is 2.63. The molecule has 0 heterocycles. The van der Waals surface area contributed by atoms with Crippen LogP contribution in [0.4, 0.5) is 10.1 Å². The molecule has 1 atom stereocenters. The molecule has 186 valence electrons. The number of carbonyl (C=O) groups is 2. The molecule has 2 aromatic rings. The number of rotatable bonds is 11. The highest BCUT2D eigenvalue weighted by Crippen LogP contribution is 2.21. The Hall–Kier alpha value is -2.98. The molecular weight excluding hydrogens is 459 g/mol. The second kappa shape index (κ2) is 11.9. The molecule has 0 aliphatic carbocycles. The lowest BCUT2D eigenvalue weighted by Gasteiger charge is -2.33. The molecule has 1 N–H and O–H groups in total. The zero-order chi connectivity index (χ0) is 25.5. The number of amides is 2. The first-order chi connectivity index (χ1) is 15.9. The second-order valence-electron chi connectivity index (χ2n) is 8.60. The van der Waals surface area contributed by atoms with E-state index in [4.69, 9.17) is 0 Å². The number of halogens is 1. The van der Waals surface area contributed by atoms with Crippen LogP contribution in [0.1, 0.15) is 26.3 Å². The molecule has 0 fully saturated rings. The first-order valence-corrected chi connectivity index (χ1v) is 12.4. The number of benzene rings is 2. The molecule has 0 saturated carbocycles. The standard InChI is InChI=1S/C24H33FN4O4S/c1-18(2)15-26-24(31)19(3)28(16-20-9-7-6-8-10-20)23(30)17-29(34(32,33)27(4)5)22-13-11-21(25)12-14-22/h6-14,18-19H,15-17H2,1-5H3,(H,26,31)/t19-/m1/s1. The van der Waals surface area contributed by atoms with E-state index < -0.39 is 34.5 Å². The van der Waals surface area contributed by atoms with E-state index in [1.807, 2.05) is 44.2 Å². The first-order valence-electron chi connectivity index (χ1n) is 11.0. The summed E-state index contributed by atoms with van der Waals surface area (Å²) in [6.45, 7) is 5.55. The average molecular weight is 493 g/mol. The first kappa shape index (κ1) is 27.3. The fraction of sp³-hybridized carbons (Fsp3) is 0.417. The van der Waals surface area contributed by atoms with Crippen LogP contribution in [0.2, 0.25) is 0 Å². The van der Waals surface area contributed by atoms with Crippen LogP contribution in [0.25, 0.3) is 0 Å². The van der Waals surface area contributed by atoms with Gasteiger partial charge in [-0.05, 0) is 42.7 Å². The topological polar surface area (TPSA) is 90.0 Å². The van der Waals surface area contributed by atoms with Gasteiger partial charge in [-0.25, -0.2) is 8.70 Å². The molecule has 2 amide bonds. The van der Waals surface area contributed by atoms with Crippen molar-refractivity contribution in [3.05, 3.63) is 66.0 Å². The largest absolute Gasteiger partial charge is 0.354 e. The lowest BCUT2D eigenvalue weighted by molar-refractivity contribution is -0.139. The Morgan fingerprint density at radius 1 is 0.971 bits per heavy atom. The Balaban J connectivity index is 2.39. The average Bonchev–Trinajstić information content (AvgIpc) is 2.80. The smallest absolute Gasteiger partial charge is 0.304 e. The van der Waals surface area contributed by atoms with Crippen molar-refractivity contribution in [3.8, 4) is 0 Å². The maximum absolute atomic E-state index is 13.5. The van der Waals surface area contributed by atoms with Crippen LogP contribution in [0, 0.1) is 11.7 Å². The molecule has 0 saturated heterocycles. The van der Waals surface area contributed by atoms with Gasteiger partial charge in [0.2, 0.25) is 11.8 Å². The molecule has 10 heteroatoms. The van der Waals surface area contributed by atoms with Crippen molar-refractivity contribution < 1.29 is 22.4 Å². The summed E-state index contributed by atoms with van der Waals surface area (Å²) in [6, 6.07) is 13.1. The third-order valence-corrected chi connectivity index (χ3v) is 7.00. The van der Waals surface area contributed by atoms with Crippen LogP contribution in [0.3, 0.4) is 0 Å². The highest BCUT2D eigenvalue weighted by Gasteiger charge is 2.32. The summed E-state index contributed by atoms with van der Waals surface area (Å²) in [4.78, 5) is 27.6. The number of hydrogen-bond donors (Lipinski definition) is 1. The SMILES string of the molecule is CC(C)CNC(=O)[C@@H](C)N(Cc1ccccc1)C(=O)CN(c1ccc(F)cc1)S(=O)(=O)N(C)C. The van der Waals surface area contributed by atoms with Crippen molar-refractivity contribution in [2.45, 2.75) is 33.4 Å². The lowest BCUT2D eigenvalue weighted by atomic mass is 10.1. The van der Waals surface area contributed by atoms with Gasteiger partial charge in [-0.2, -0.15) is 12.7 Å². The molecule has 2 aromatic carbocycles. The van der Waals surface area contributed by atoms with Gasteiger partial charge in [0.1, 0.15) is 18.4 Å². The number of anilines is 1. The maximum Gasteiger partial charge on any atom is 0.304 e. The van der Waals surface area contributed by atoms with Gasteiger partial charge in [-0.3, -0.25) is 9.59 Å². The molecule has 0 unspecified atom stereocenters. The van der Waals surface area contributed by atoms with E-state index in [9.17, 15) is 22.4 Å². The van der Waals surface area contributed by atoms with Gasteiger partial charge in [0.25, 0.3) is 0 Å². The molecule has 0 spiro atoms. The van der Waals surface area contributed by atoms with Gasteiger partial charge in [0.05, 0.1) is 5.69 Å². The van der Waals surface area contributed by atoms with Crippen LogP contribution in [0.15, 0.2) is 54.6 Å². The summed E-state index contributed by atoms with van der Waals surface area (Å²) in [6.07, 6.45) is 0. The monoisotopic (exact) mass is 492 g/mol. The minimum Gasteiger partial charge on any atom is -0.354 e. The molecule has 0 aliphatic rings. The third-order valence-electron chi connectivity index (χ3n) is 5.18. The number of carbonyl (C=O) groups excluding carboxylic acids is 2. The van der Waals surface area contributed by atoms with Crippen molar-refractivity contribution >= 4 is 27.7 Å². The second-order valence-corrected chi connectivity index (χ2v) is 10.7. The molecule has 0 radical (unpaired) electrons. The van der Waals surface area contributed by atoms with E-state index in [1.54, 1.807) is 6.92 Å². The quantitative estimate of drug-likeness (QED) is 0.522. The van der Waals surface area contributed by atoms with Gasteiger partial charge in [0.15, 0.2) is 0 Å². The van der Waals surface area contributed by atoms with Crippen molar-refractivity contribution in [2.75, 3.05) is 31.5 Å². The van der Waals surface area contributed by atoms with Crippen molar-refractivity contribution in [2.24, 2.45) is 5.92 Å². The van der Waals surface area contributed by atoms with E-state index in [0.29, 0.717) is 6.54 Å². The van der Waals surface area contributed by atoms with Gasteiger partial charge >= 0.3 is 10.2 Å². The minimum atomic E-state index is -4.08. The van der Waals surface area contributed by atoms with E-state index >= 15 is 0 Å². The lowest BCUT2D eigenvalue weighted by Crippen LogP contribution is -2.52. The Labute approximate surface area is 201 Å². The van der Waals surface area contributed by atoms with Gasteiger partial charge in [0, 0.05) is 27.2 Å². The Bertz CT molecular complexity index is 1060. The summed E-state index contributed by atoms with van der Waals surface area (Å²) in [5.74, 6) is -1.19. The van der Waals surface area contributed by atoms with Crippen LogP contribution < -0.4 is 9.62 Å². The molecule has 2 rings (SSSR count). The maximum atomic E-state index is 13.5. The zero-order valence-corrected chi connectivity index (χ0v) is 21.0. The van der Waals surface area contributed by atoms with Gasteiger partial charge < -0.3 is 10.2 Å². The Kier molecular flexibility index (Phi) is 9.57. The van der Waals surface area contributed by atoms with Crippen LogP contribution >= 0.6 is 0 Å². The number of nitrogens with zero attached hydrogens (tertiary/aromatic N) is 3. The van der Waals surface area contributed by atoms with Crippen molar-refractivity contribution in [1.82, 2.24) is 14.5 Å². The third kappa shape index (κ3) is 7.26. The zero-order valence-electron chi connectivity index (χ0n) is 20.2. The van der Waals surface area contributed by atoms with E-state index in [2.05, 4.69) is 5.32 Å². The van der Waals surface area contributed by atoms with Crippen molar-refractivity contribution in [3.63, 3.8) is 0 Å². The Morgan fingerprint density at radius 3 is 2.09 bits per heavy atom.